The third kappa shape index (κ3) is 23.3. The molecule has 34 nitrogen and oxygen atoms in total. The molecule has 11 unspecified atom stereocenters. The molecule has 3 aliphatic rings. The number of azo groups is 1. The molecule has 0 aromatic heterocycles. The predicted molar refractivity (Wildman–Crippen MR) is 273 cm³/mol. The number of carbonyl (C=O) groups excluding carboxylic acids is 10. The molecule has 3 saturated heterocycles. The molecule has 3 aliphatic heterocycles. The Morgan fingerprint density at radius 2 is 0.867 bits per heavy atom. The smallest absolute Gasteiger partial charge is 0.463 e. The van der Waals surface area contributed by atoms with Gasteiger partial charge in [0.05, 0.1) is 26.4 Å². The highest BCUT2D eigenvalue weighted by molar-refractivity contribution is 7.47. The molecule has 0 aliphatic carbocycles. The molecule has 472 valence electrons. The van der Waals surface area contributed by atoms with Crippen LogP contribution in [0.15, 0.2) is 10.2 Å². The van der Waals surface area contributed by atoms with Gasteiger partial charge in [-0.3, -0.25) is 66.0 Å². The van der Waals surface area contributed by atoms with E-state index in [0.29, 0.717) is 0 Å². The molecule has 83 heavy (non-hydrogen) atoms. The van der Waals surface area contributed by atoms with E-state index < -0.39 is 207 Å². The number of phosphoric ester groups is 2. The molecule has 0 aromatic carbocycles. The van der Waals surface area contributed by atoms with E-state index in [-0.39, 0.29) is 6.61 Å². The summed E-state index contributed by atoms with van der Waals surface area (Å²) >= 11 is 0. The molecular formula is C46H74N4O30P2Si. The zero-order chi connectivity index (χ0) is 63.1. The standard InChI is InChI=1S/C46H74N4O30P2Si/c1-21(51)47-34-40(73-28(8)58)37(70-25(5)55)31(76-43(34)66-17-16-65-24(4)54)18-67-81(61,62)79-44-35(48-22(2)52)41(74-29(9)59)38(71-26(6)56)32(77-44)19-68-82(63,64)80-45-36(50-49-23(3)53)42(75-30(10)60)39(72-27(7)57)33(78-45)20-69-83(14,15)46(11,12)13/h31-45H,16-20H2,1-15H3,(H,47,51)(H,48,52)(H,61,62)(H,63,64)/t31?,32?,33?,34?,35?,36?,37-,38-,39-,40?,41?,42?,43+,44-,45-/m1/s1. The quantitative estimate of drug-likeness (QED) is 0.0234. The number of rotatable bonds is 26. The number of hydrogen-bond acceptors (Lipinski definition) is 29. The molecule has 3 rings (SSSR count). The van der Waals surface area contributed by atoms with Crippen molar-refractivity contribution in [1.29, 1.82) is 0 Å². The number of nitrogens with zero attached hydrogens (tertiary/aromatic N) is 2. The van der Waals surface area contributed by atoms with Gasteiger partial charge >= 0.3 is 57.4 Å². The minimum absolute atomic E-state index is 0.358. The summed E-state index contributed by atoms with van der Waals surface area (Å²) in [5.41, 5.74) is 0. The van der Waals surface area contributed by atoms with Crippen LogP contribution in [0.1, 0.15) is 90.0 Å². The summed E-state index contributed by atoms with van der Waals surface area (Å²) in [7, 11) is -14.1. The number of phosphoric acid groups is 2. The van der Waals surface area contributed by atoms with Gasteiger partial charge in [-0.25, -0.2) is 9.13 Å². The molecule has 37 heteroatoms. The number of hydrogen-bond donors (Lipinski definition) is 4. The van der Waals surface area contributed by atoms with Gasteiger partial charge in [0, 0.05) is 69.2 Å². The summed E-state index contributed by atoms with van der Waals surface area (Å²) in [5.74, 6) is -9.41. The zero-order valence-corrected chi connectivity index (χ0v) is 51.1. The summed E-state index contributed by atoms with van der Waals surface area (Å²) < 4.78 is 117. The largest absolute Gasteiger partial charge is 0.474 e. The van der Waals surface area contributed by atoms with E-state index in [1.165, 1.54) is 0 Å². The van der Waals surface area contributed by atoms with Crippen LogP contribution in [0.4, 0.5) is 0 Å². The molecule has 4 N–H and O–H groups in total. The molecule has 0 aromatic rings. The van der Waals surface area contributed by atoms with Crippen molar-refractivity contribution in [2.75, 3.05) is 33.0 Å². The second-order valence-corrected chi connectivity index (χ2v) is 27.9. The second-order valence-electron chi connectivity index (χ2n) is 20.3. The summed E-state index contributed by atoms with van der Waals surface area (Å²) in [6.07, 6.45) is -22.2. The highest BCUT2D eigenvalue weighted by atomic mass is 31.2. The Labute approximate surface area is 477 Å². The minimum Gasteiger partial charge on any atom is -0.463 e. The highest BCUT2D eigenvalue weighted by Crippen LogP contribution is 2.50. The SMILES string of the molecule is CC(=O)N=NC1C(OC(C)=O)[C@H](OC(C)=O)C(CO[Si](C)(C)C(C)(C)C)O[C@@H]1OP(=O)(O)OCC1O[C@H](OP(=O)(O)OCC2O[C@H](OCCOC(C)=O)C(NC(C)=O)C(OC(C)=O)[C@@H]2OC(C)=O)C(NC(C)=O)C(OC(C)=O)[C@@H]1OC(C)=O. The molecule has 0 bridgehead atoms. The van der Waals surface area contributed by atoms with Crippen LogP contribution >= 0.6 is 15.6 Å². The minimum atomic E-state index is -5.73. The van der Waals surface area contributed by atoms with Gasteiger partial charge in [0.15, 0.2) is 69.9 Å². The fraction of sp³-hybridized carbons (Fsp3) is 0.783. The summed E-state index contributed by atoms with van der Waals surface area (Å²) in [6.45, 7) is 15.7. The lowest BCUT2D eigenvalue weighted by Crippen LogP contribution is -2.66. The maximum Gasteiger partial charge on any atom is 0.474 e. The van der Waals surface area contributed by atoms with Crippen LogP contribution in [0.2, 0.25) is 18.1 Å². The average Bonchev–Trinajstić information content (AvgIpc) is 3.52. The van der Waals surface area contributed by atoms with Gasteiger partial charge < -0.3 is 77.0 Å². The van der Waals surface area contributed by atoms with Crippen LogP contribution in [0, 0.1) is 0 Å². The van der Waals surface area contributed by atoms with Gasteiger partial charge in [-0.2, -0.15) is 5.11 Å². The number of ether oxygens (including phenoxy) is 11. The lowest BCUT2D eigenvalue weighted by molar-refractivity contribution is -0.278. The van der Waals surface area contributed by atoms with E-state index in [1.807, 2.05) is 33.9 Å². The topological polar surface area (TPSA) is 442 Å². The first-order chi connectivity index (χ1) is 38.2. The van der Waals surface area contributed by atoms with Crippen LogP contribution < -0.4 is 10.6 Å². The Bertz CT molecular complexity index is 2480. The van der Waals surface area contributed by atoms with Gasteiger partial charge in [0.2, 0.25) is 11.8 Å². The van der Waals surface area contributed by atoms with Gasteiger partial charge in [0.1, 0.15) is 37.0 Å². The van der Waals surface area contributed by atoms with Crippen LogP contribution in [0.3, 0.4) is 0 Å². The summed E-state index contributed by atoms with van der Waals surface area (Å²) in [5, 5.41) is 11.7. The summed E-state index contributed by atoms with van der Waals surface area (Å²) in [4.78, 5) is 147. The van der Waals surface area contributed by atoms with Crippen molar-refractivity contribution in [1.82, 2.24) is 10.6 Å². The maximum absolute atomic E-state index is 14.2. The number of amides is 3. The molecule has 3 amide bonds. The molecule has 0 spiro atoms. The fourth-order valence-corrected chi connectivity index (χ4v) is 10.7. The van der Waals surface area contributed by atoms with Crippen molar-refractivity contribution in [3.05, 3.63) is 0 Å². The van der Waals surface area contributed by atoms with E-state index in [0.717, 1.165) is 69.2 Å². The van der Waals surface area contributed by atoms with Gasteiger partial charge in [0.25, 0.3) is 5.91 Å². The van der Waals surface area contributed by atoms with Crippen molar-refractivity contribution in [2.24, 2.45) is 10.2 Å². The maximum atomic E-state index is 14.2. The van der Waals surface area contributed by atoms with Crippen LogP contribution in [0.25, 0.3) is 0 Å². The van der Waals surface area contributed by atoms with Crippen molar-refractivity contribution in [3.63, 3.8) is 0 Å². The molecule has 17 atom stereocenters. The van der Waals surface area contributed by atoms with Gasteiger partial charge in [-0.1, -0.05) is 20.8 Å². The first kappa shape index (κ1) is 72.0. The average molecular weight is 1250 g/mol. The Hall–Kier alpha value is -5.26. The van der Waals surface area contributed by atoms with Crippen molar-refractivity contribution < 1.29 is 141 Å². The van der Waals surface area contributed by atoms with Crippen molar-refractivity contribution in [2.45, 2.75) is 200 Å². The normalized spacial score (nSPS) is 29.8. The summed E-state index contributed by atoms with van der Waals surface area (Å²) in [6, 6.07) is -5.28. The molecule has 3 heterocycles. The van der Waals surface area contributed by atoms with Crippen LogP contribution in [-0.2, 0) is 132 Å². The number of esters is 7. The van der Waals surface area contributed by atoms with Crippen molar-refractivity contribution in [3.8, 4) is 0 Å². The Morgan fingerprint density at radius 1 is 0.506 bits per heavy atom. The molecule has 3 fully saturated rings. The lowest BCUT2D eigenvalue weighted by atomic mass is 9.96. The lowest BCUT2D eigenvalue weighted by Gasteiger charge is -2.46. The molecule has 0 radical (unpaired) electrons. The van der Waals surface area contributed by atoms with E-state index in [1.54, 1.807) is 0 Å². The van der Waals surface area contributed by atoms with Crippen LogP contribution in [-0.4, -0.2) is 203 Å². The fourth-order valence-electron chi connectivity index (χ4n) is 7.97. The second kappa shape index (κ2) is 31.2. The third-order valence-corrected chi connectivity index (χ3v) is 18.6. The first-order valence-corrected chi connectivity index (χ1v) is 31.3. The van der Waals surface area contributed by atoms with E-state index in [2.05, 4.69) is 20.9 Å². The first-order valence-electron chi connectivity index (χ1n) is 25.4. The van der Waals surface area contributed by atoms with E-state index >= 15 is 0 Å². The molecular weight excluding hydrogens is 1180 g/mol. The van der Waals surface area contributed by atoms with Gasteiger partial charge in [-0.15, -0.1) is 5.11 Å². The van der Waals surface area contributed by atoms with Gasteiger partial charge in [-0.05, 0) is 18.1 Å². The molecule has 0 saturated carbocycles. The number of nitrogens with one attached hydrogen (secondary N) is 2. The van der Waals surface area contributed by atoms with Crippen molar-refractivity contribution >= 4 is 83.5 Å². The van der Waals surface area contributed by atoms with Crippen LogP contribution in [0.5, 0.6) is 0 Å². The third-order valence-electron chi connectivity index (χ3n) is 12.2. The zero-order valence-electron chi connectivity index (χ0n) is 48.3. The number of carbonyl (C=O) groups is 10. The van der Waals surface area contributed by atoms with E-state index in [9.17, 15) is 66.9 Å². The Morgan fingerprint density at radius 3 is 1.27 bits per heavy atom. The Balaban J connectivity index is 2.11. The monoisotopic (exact) mass is 1250 g/mol. The van der Waals surface area contributed by atoms with E-state index in [4.69, 9.17) is 74.6 Å². The Kier molecular flexibility index (Phi) is 27.1. The highest BCUT2D eigenvalue weighted by Gasteiger charge is 2.57. The predicted octanol–water partition coefficient (Wildman–Crippen LogP) is 0.997.